The van der Waals surface area contributed by atoms with Crippen LogP contribution in [-0.4, -0.2) is 20.9 Å². The first-order chi connectivity index (χ1) is 10.0. The van der Waals surface area contributed by atoms with Gasteiger partial charge in [0.1, 0.15) is 4.90 Å². The normalized spacial score (nSPS) is 11.3. The molecule has 0 fully saturated rings. The lowest BCUT2D eigenvalue weighted by atomic mass is 10.2. The van der Waals surface area contributed by atoms with E-state index in [1.165, 1.54) is 10.8 Å². The Morgan fingerprint density at radius 2 is 1.90 bits per heavy atom. The molecule has 112 valence electrons. The van der Waals surface area contributed by atoms with Crippen LogP contribution in [0.1, 0.15) is 15.9 Å². The number of hydrazine groups is 1. The molecule has 0 radical (unpaired) electrons. The molecule has 1 aromatic carbocycles. The monoisotopic (exact) mass is 325 g/mol. The molecular formula is C13H15N3O3S2. The van der Waals surface area contributed by atoms with E-state index in [0.717, 1.165) is 16.9 Å². The van der Waals surface area contributed by atoms with Crippen LogP contribution in [0.2, 0.25) is 0 Å². The van der Waals surface area contributed by atoms with Crippen LogP contribution in [0, 0.1) is 0 Å². The highest BCUT2D eigenvalue weighted by atomic mass is 32.2. The first kappa shape index (κ1) is 15.6. The van der Waals surface area contributed by atoms with E-state index in [2.05, 4.69) is 4.72 Å². The Labute approximate surface area is 127 Å². The second kappa shape index (κ2) is 6.81. The first-order valence-corrected chi connectivity index (χ1v) is 8.58. The third-order valence-electron chi connectivity index (χ3n) is 2.84. The number of hydrogen-bond acceptors (Lipinski definition) is 5. The van der Waals surface area contributed by atoms with E-state index in [0.29, 0.717) is 6.42 Å². The average molecular weight is 325 g/mol. The summed E-state index contributed by atoms with van der Waals surface area (Å²) in [4.78, 5) is 11.5. The molecule has 2 rings (SSSR count). The number of rotatable bonds is 6. The predicted molar refractivity (Wildman–Crippen MR) is 81.3 cm³/mol. The highest BCUT2D eigenvalue weighted by Gasteiger charge is 2.22. The number of carbonyl (C=O) groups is 1. The maximum atomic E-state index is 12.2. The van der Waals surface area contributed by atoms with Gasteiger partial charge in [0.25, 0.3) is 5.91 Å². The number of hydrogen-bond donors (Lipinski definition) is 3. The molecule has 0 aliphatic heterocycles. The van der Waals surface area contributed by atoms with E-state index < -0.39 is 15.9 Å². The summed E-state index contributed by atoms with van der Waals surface area (Å²) in [6.45, 7) is 0.256. The Kier molecular flexibility index (Phi) is 5.07. The fourth-order valence-electron chi connectivity index (χ4n) is 1.79. The molecule has 2 aromatic rings. The Hall–Kier alpha value is -1.74. The molecule has 6 nitrogen and oxygen atoms in total. The summed E-state index contributed by atoms with van der Waals surface area (Å²) >= 11 is 1.13. The van der Waals surface area contributed by atoms with Crippen LogP contribution in [0.15, 0.2) is 46.0 Å². The lowest BCUT2D eigenvalue weighted by Crippen LogP contribution is -2.32. The molecular weight excluding hydrogens is 310 g/mol. The van der Waals surface area contributed by atoms with Crippen molar-refractivity contribution in [2.24, 2.45) is 5.84 Å². The van der Waals surface area contributed by atoms with Gasteiger partial charge in [0.15, 0.2) is 0 Å². The maximum absolute atomic E-state index is 12.2. The number of thiophene rings is 1. The molecule has 0 aliphatic rings. The number of benzene rings is 1. The lowest BCUT2D eigenvalue weighted by molar-refractivity contribution is 0.0951. The van der Waals surface area contributed by atoms with Crippen molar-refractivity contribution < 1.29 is 13.2 Å². The Morgan fingerprint density at radius 1 is 1.19 bits per heavy atom. The van der Waals surface area contributed by atoms with Gasteiger partial charge < -0.3 is 0 Å². The number of carbonyl (C=O) groups excluding carboxylic acids is 1. The van der Waals surface area contributed by atoms with Crippen molar-refractivity contribution in [1.82, 2.24) is 10.1 Å². The number of nitrogens with two attached hydrogens (primary N) is 1. The van der Waals surface area contributed by atoms with E-state index in [4.69, 9.17) is 5.84 Å². The topological polar surface area (TPSA) is 101 Å². The fraction of sp³-hybridized carbons (Fsp3) is 0.154. The average Bonchev–Trinajstić information content (AvgIpc) is 2.98. The summed E-state index contributed by atoms with van der Waals surface area (Å²) in [5.41, 5.74) is 3.02. The van der Waals surface area contributed by atoms with Crippen LogP contribution in [0.25, 0.3) is 0 Å². The highest BCUT2D eigenvalue weighted by molar-refractivity contribution is 7.89. The van der Waals surface area contributed by atoms with E-state index in [-0.39, 0.29) is 17.0 Å². The van der Waals surface area contributed by atoms with Crippen molar-refractivity contribution in [3.05, 3.63) is 52.2 Å². The molecule has 0 spiro atoms. The molecule has 0 saturated heterocycles. The number of nitrogens with one attached hydrogen (secondary N) is 2. The van der Waals surface area contributed by atoms with Crippen LogP contribution in [0.3, 0.4) is 0 Å². The maximum Gasteiger partial charge on any atom is 0.267 e. The van der Waals surface area contributed by atoms with Gasteiger partial charge in [-0.05, 0) is 12.0 Å². The molecule has 8 heteroatoms. The standard InChI is InChI=1S/C13H15N3O3S2/c14-16-13(17)11-8-20-9-12(11)21(18,19)15-7-6-10-4-2-1-3-5-10/h1-5,8-9,15H,6-7,14H2,(H,16,17). The van der Waals surface area contributed by atoms with E-state index >= 15 is 0 Å². The summed E-state index contributed by atoms with van der Waals surface area (Å²) in [6, 6.07) is 9.54. The number of amides is 1. The van der Waals surface area contributed by atoms with Crippen molar-refractivity contribution >= 4 is 27.3 Å². The largest absolute Gasteiger partial charge is 0.290 e. The minimum Gasteiger partial charge on any atom is -0.290 e. The van der Waals surface area contributed by atoms with Gasteiger partial charge in [-0.15, -0.1) is 0 Å². The Morgan fingerprint density at radius 3 is 2.57 bits per heavy atom. The van der Waals surface area contributed by atoms with Gasteiger partial charge in [-0.2, -0.15) is 11.3 Å². The van der Waals surface area contributed by atoms with E-state index in [1.54, 1.807) is 0 Å². The molecule has 0 saturated carbocycles. The molecule has 1 heterocycles. The molecule has 21 heavy (non-hydrogen) atoms. The minimum absolute atomic E-state index is 0.0507. The SMILES string of the molecule is NNC(=O)c1cscc1S(=O)(=O)NCCc1ccccc1. The van der Waals surface area contributed by atoms with Crippen molar-refractivity contribution in [3.8, 4) is 0 Å². The highest BCUT2D eigenvalue weighted by Crippen LogP contribution is 2.20. The molecule has 1 amide bonds. The predicted octanol–water partition coefficient (Wildman–Crippen LogP) is 0.873. The van der Waals surface area contributed by atoms with Crippen molar-refractivity contribution in [1.29, 1.82) is 0 Å². The van der Waals surface area contributed by atoms with Crippen molar-refractivity contribution in [2.75, 3.05) is 6.54 Å². The molecule has 4 N–H and O–H groups in total. The van der Waals surface area contributed by atoms with E-state index in [1.807, 2.05) is 35.8 Å². The summed E-state index contributed by atoms with van der Waals surface area (Å²) in [7, 11) is -3.73. The van der Waals surface area contributed by atoms with Crippen LogP contribution in [-0.2, 0) is 16.4 Å². The van der Waals surface area contributed by atoms with E-state index in [9.17, 15) is 13.2 Å². The van der Waals surface area contributed by atoms with Gasteiger partial charge in [0.2, 0.25) is 10.0 Å². The van der Waals surface area contributed by atoms with Gasteiger partial charge in [-0.3, -0.25) is 10.2 Å². The molecule has 0 atom stereocenters. The minimum atomic E-state index is -3.73. The van der Waals surface area contributed by atoms with Gasteiger partial charge in [0, 0.05) is 17.3 Å². The number of nitrogen functional groups attached to an aromatic ring is 1. The third-order valence-corrected chi connectivity index (χ3v) is 5.23. The zero-order valence-corrected chi connectivity index (χ0v) is 12.7. The quantitative estimate of drug-likeness (QED) is 0.417. The zero-order valence-electron chi connectivity index (χ0n) is 11.1. The zero-order chi connectivity index (χ0) is 15.3. The van der Waals surface area contributed by atoms with Crippen molar-refractivity contribution in [3.63, 3.8) is 0 Å². The Bertz CT molecular complexity index is 711. The van der Waals surface area contributed by atoms with Gasteiger partial charge in [-0.1, -0.05) is 30.3 Å². The smallest absolute Gasteiger partial charge is 0.267 e. The second-order valence-corrected chi connectivity index (χ2v) is 6.74. The molecule has 1 aromatic heterocycles. The molecule has 0 aliphatic carbocycles. The summed E-state index contributed by atoms with van der Waals surface area (Å²) in [6.07, 6.45) is 0.572. The van der Waals surface area contributed by atoms with Crippen LogP contribution < -0.4 is 16.0 Å². The van der Waals surface area contributed by atoms with Gasteiger partial charge >= 0.3 is 0 Å². The third kappa shape index (κ3) is 3.88. The lowest BCUT2D eigenvalue weighted by Gasteiger charge is -2.07. The Balaban J connectivity index is 2.06. The molecule has 0 bridgehead atoms. The van der Waals surface area contributed by atoms with Crippen LogP contribution >= 0.6 is 11.3 Å². The fourth-order valence-corrected chi connectivity index (χ4v) is 4.19. The van der Waals surface area contributed by atoms with Crippen molar-refractivity contribution in [2.45, 2.75) is 11.3 Å². The summed E-state index contributed by atoms with van der Waals surface area (Å²) < 4.78 is 26.9. The summed E-state index contributed by atoms with van der Waals surface area (Å²) in [5.74, 6) is 4.42. The van der Waals surface area contributed by atoms with Crippen LogP contribution in [0.4, 0.5) is 0 Å². The van der Waals surface area contributed by atoms with Gasteiger partial charge in [0.05, 0.1) is 5.56 Å². The number of sulfonamides is 1. The molecule has 0 unspecified atom stereocenters. The first-order valence-electron chi connectivity index (χ1n) is 6.15. The van der Waals surface area contributed by atoms with Crippen LogP contribution in [0.5, 0.6) is 0 Å². The second-order valence-electron chi connectivity index (χ2n) is 4.26. The summed E-state index contributed by atoms with van der Waals surface area (Å²) in [5, 5.41) is 2.86. The van der Waals surface area contributed by atoms with Gasteiger partial charge in [-0.25, -0.2) is 19.0 Å².